The van der Waals surface area contributed by atoms with Crippen LogP contribution in [0.25, 0.3) is 0 Å². The third-order valence-electron chi connectivity index (χ3n) is 2.18. The first-order valence-electron chi connectivity index (χ1n) is 4.87. The van der Waals surface area contributed by atoms with E-state index in [0.717, 1.165) is 6.54 Å². The summed E-state index contributed by atoms with van der Waals surface area (Å²) < 4.78 is 0. The standard InChI is InChI=1S/C11H17NO2S/c1-11(2,7-10(13)14)8-12(3)9-5-4-6-15-9/h4-6H,7-8H2,1-3H3,(H,13,14). The van der Waals surface area contributed by atoms with Gasteiger partial charge in [0, 0.05) is 13.6 Å². The molecule has 0 amide bonds. The van der Waals surface area contributed by atoms with Gasteiger partial charge >= 0.3 is 5.97 Å². The zero-order valence-corrected chi connectivity index (χ0v) is 10.2. The number of hydrogen-bond donors (Lipinski definition) is 1. The van der Waals surface area contributed by atoms with Crippen molar-refractivity contribution in [3.05, 3.63) is 17.5 Å². The largest absolute Gasteiger partial charge is 0.481 e. The van der Waals surface area contributed by atoms with E-state index < -0.39 is 5.97 Å². The van der Waals surface area contributed by atoms with Crippen LogP contribution in [0.5, 0.6) is 0 Å². The second kappa shape index (κ2) is 4.66. The fourth-order valence-electron chi connectivity index (χ4n) is 1.67. The molecule has 84 valence electrons. The number of carboxylic acids is 1. The molecule has 1 heterocycles. The van der Waals surface area contributed by atoms with Crippen LogP contribution in [0, 0.1) is 5.41 Å². The average Bonchev–Trinajstić information content (AvgIpc) is 2.50. The first kappa shape index (κ1) is 12.0. The van der Waals surface area contributed by atoms with E-state index in [-0.39, 0.29) is 11.8 Å². The van der Waals surface area contributed by atoms with Crippen molar-refractivity contribution in [3.8, 4) is 0 Å². The minimum absolute atomic E-state index is 0.197. The summed E-state index contributed by atoms with van der Waals surface area (Å²) in [5.41, 5.74) is -0.204. The van der Waals surface area contributed by atoms with Crippen LogP contribution < -0.4 is 4.90 Å². The third kappa shape index (κ3) is 3.91. The number of carboxylic acid groups (broad SMARTS) is 1. The number of rotatable bonds is 5. The van der Waals surface area contributed by atoms with Crippen LogP contribution in [-0.2, 0) is 4.79 Å². The number of aliphatic carboxylic acids is 1. The highest BCUT2D eigenvalue weighted by molar-refractivity contribution is 7.14. The van der Waals surface area contributed by atoms with Crippen LogP contribution in [0.1, 0.15) is 20.3 Å². The zero-order chi connectivity index (χ0) is 11.5. The Morgan fingerprint density at radius 1 is 1.60 bits per heavy atom. The van der Waals surface area contributed by atoms with Crippen molar-refractivity contribution in [1.29, 1.82) is 0 Å². The maximum atomic E-state index is 10.7. The Balaban J connectivity index is 2.57. The normalized spacial score (nSPS) is 11.4. The zero-order valence-electron chi connectivity index (χ0n) is 9.36. The maximum Gasteiger partial charge on any atom is 0.303 e. The first-order chi connectivity index (χ1) is 6.91. The molecular formula is C11H17NO2S. The Labute approximate surface area is 94.3 Å². The van der Waals surface area contributed by atoms with Crippen molar-refractivity contribution in [2.24, 2.45) is 5.41 Å². The SMILES string of the molecule is CN(CC(C)(C)CC(=O)O)c1cccs1. The fraction of sp³-hybridized carbons (Fsp3) is 0.545. The lowest BCUT2D eigenvalue weighted by atomic mass is 9.89. The predicted molar refractivity (Wildman–Crippen MR) is 63.6 cm³/mol. The van der Waals surface area contributed by atoms with Crippen LogP contribution in [-0.4, -0.2) is 24.7 Å². The summed E-state index contributed by atoms with van der Waals surface area (Å²) in [6.45, 7) is 4.70. The molecule has 0 radical (unpaired) electrons. The Morgan fingerprint density at radius 3 is 2.73 bits per heavy atom. The smallest absolute Gasteiger partial charge is 0.303 e. The van der Waals surface area contributed by atoms with Crippen molar-refractivity contribution >= 4 is 22.3 Å². The lowest BCUT2D eigenvalue weighted by molar-refractivity contribution is -0.139. The number of hydrogen-bond acceptors (Lipinski definition) is 3. The highest BCUT2D eigenvalue weighted by Crippen LogP contribution is 2.26. The molecule has 3 nitrogen and oxygen atoms in total. The van der Waals surface area contributed by atoms with E-state index in [1.165, 1.54) is 5.00 Å². The molecule has 0 bridgehead atoms. The van der Waals surface area contributed by atoms with E-state index in [9.17, 15) is 4.79 Å². The highest BCUT2D eigenvalue weighted by atomic mass is 32.1. The molecule has 0 aliphatic heterocycles. The van der Waals surface area contributed by atoms with Crippen LogP contribution in [0.15, 0.2) is 17.5 Å². The van der Waals surface area contributed by atoms with Gasteiger partial charge in [-0.15, -0.1) is 11.3 Å². The molecule has 0 atom stereocenters. The lowest BCUT2D eigenvalue weighted by Crippen LogP contribution is -2.32. The van der Waals surface area contributed by atoms with Gasteiger partial charge in [-0.25, -0.2) is 0 Å². The molecule has 0 aliphatic carbocycles. The maximum absolute atomic E-state index is 10.7. The lowest BCUT2D eigenvalue weighted by Gasteiger charge is -2.29. The van der Waals surface area contributed by atoms with Crippen molar-refractivity contribution in [2.45, 2.75) is 20.3 Å². The molecular weight excluding hydrogens is 210 g/mol. The van der Waals surface area contributed by atoms with Gasteiger partial charge in [0.15, 0.2) is 0 Å². The quantitative estimate of drug-likeness (QED) is 0.840. The van der Waals surface area contributed by atoms with E-state index in [0.29, 0.717) is 0 Å². The Bertz CT molecular complexity index is 319. The summed E-state index contributed by atoms with van der Waals surface area (Å²) in [6, 6.07) is 4.04. The molecule has 1 N–H and O–H groups in total. The summed E-state index contributed by atoms with van der Waals surface area (Å²) in [6.07, 6.45) is 0.197. The van der Waals surface area contributed by atoms with Crippen LogP contribution in [0.2, 0.25) is 0 Å². The predicted octanol–water partition coefficient (Wildman–Crippen LogP) is 2.69. The van der Waals surface area contributed by atoms with Crippen molar-refractivity contribution in [1.82, 2.24) is 0 Å². The van der Waals surface area contributed by atoms with Crippen LogP contribution in [0.3, 0.4) is 0 Å². The molecule has 1 aromatic rings. The minimum atomic E-state index is -0.737. The number of carbonyl (C=O) groups is 1. The van der Waals surface area contributed by atoms with E-state index in [4.69, 9.17) is 5.11 Å². The second-order valence-electron chi connectivity index (χ2n) is 4.54. The summed E-state index contributed by atoms with van der Waals surface area (Å²) >= 11 is 1.67. The highest BCUT2D eigenvalue weighted by Gasteiger charge is 2.23. The summed E-state index contributed by atoms with van der Waals surface area (Å²) in [5, 5.41) is 12.0. The van der Waals surface area contributed by atoms with E-state index in [2.05, 4.69) is 4.90 Å². The van der Waals surface area contributed by atoms with Gasteiger partial charge in [-0.05, 0) is 22.9 Å². The van der Waals surface area contributed by atoms with Crippen molar-refractivity contribution in [3.63, 3.8) is 0 Å². The van der Waals surface area contributed by atoms with Crippen molar-refractivity contribution in [2.75, 3.05) is 18.5 Å². The molecule has 0 spiro atoms. The first-order valence-corrected chi connectivity index (χ1v) is 5.75. The van der Waals surface area contributed by atoms with Gasteiger partial charge < -0.3 is 10.0 Å². The van der Waals surface area contributed by atoms with Gasteiger partial charge in [-0.2, -0.15) is 0 Å². The van der Waals surface area contributed by atoms with E-state index in [1.807, 2.05) is 38.4 Å². The molecule has 0 saturated heterocycles. The topological polar surface area (TPSA) is 40.5 Å². The Kier molecular flexibility index (Phi) is 3.74. The molecule has 15 heavy (non-hydrogen) atoms. The molecule has 0 aromatic carbocycles. The molecule has 0 fully saturated rings. The molecule has 1 rings (SSSR count). The monoisotopic (exact) mass is 227 g/mol. The van der Waals surface area contributed by atoms with E-state index in [1.54, 1.807) is 11.3 Å². The molecule has 0 unspecified atom stereocenters. The van der Waals surface area contributed by atoms with Gasteiger partial charge in [0.05, 0.1) is 11.4 Å². The minimum Gasteiger partial charge on any atom is -0.481 e. The van der Waals surface area contributed by atoms with Gasteiger partial charge in [-0.3, -0.25) is 4.79 Å². The summed E-state index contributed by atoms with van der Waals surface area (Å²) in [7, 11) is 2.00. The third-order valence-corrected chi connectivity index (χ3v) is 3.16. The number of thiophene rings is 1. The molecule has 1 aromatic heterocycles. The average molecular weight is 227 g/mol. The fourth-order valence-corrected chi connectivity index (χ4v) is 2.37. The van der Waals surface area contributed by atoms with Gasteiger partial charge in [-0.1, -0.05) is 13.8 Å². The molecule has 0 aliphatic rings. The van der Waals surface area contributed by atoms with Gasteiger partial charge in [0.2, 0.25) is 0 Å². The van der Waals surface area contributed by atoms with Crippen LogP contribution >= 0.6 is 11.3 Å². The number of nitrogens with zero attached hydrogens (tertiary/aromatic N) is 1. The molecule has 0 saturated carbocycles. The van der Waals surface area contributed by atoms with Crippen molar-refractivity contribution < 1.29 is 9.90 Å². The number of anilines is 1. The van der Waals surface area contributed by atoms with Gasteiger partial charge in [0.25, 0.3) is 0 Å². The summed E-state index contributed by atoms with van der Waals surface area (Å²) in [4.78, 5) is 12.8. The van der Waals surface area contributed by atoms with E-state index >= 15 is 0 Å². The Morgan fingerprint density at radius 2 is 2.27 bits per heavy atom. The summed E-state index contributed by atoms with van der Waals surface area (Å²) in [5.74, 6) is -0.737. The molecule has 4 heteroatoms. The van der Waals surface area contributed by atoms with Crippen LogP contribution in [0.4, 0.5) is 5.00 Å². The second-order valence-corrected chi connectivity index (χ2v) is 5.47. The Hall–Kier alpha value is -1.03. The van der Waals surface area contributed by atoms with Gasteiger partial charge in [0.1, 0.15) is 0 Å².